The van der Waals surface area contributed by atoms with Gasteiger partial charge in [-0.3, -0.25) is 19.8 Å². The molecule has 2 N–H and O–H groups in total. The quantitative estimate of drug-likeness (QED) is 0.305. The van der Waals surface area contributed by atoms with Crippen LogP contribution >= 0.6 is 24.0 Å². The second-order valence-electron chi connectivity index (χ2n) is 9.76. The van der Waals surface area contributed by atoms with Crippen molar-refractivity contribution in [1.29, 1.82) is 0 Å². The van der Waals surface area contributed by atoms with Crippen molar-refractivity contribution in [2.24, 2.45) is 10.9 Å². The highest BCUT2D eigenvalue weighted by Gasteiger charge is 2.28. The molecule has 180 valence electrons. The SMILES string of the molecule is CN=C(NCC1CCCN1CC1CCCCC1)NC1CCN(Cc2ccccn2)CC1.I. The van der Waals surface area contributed by atoms with Gasteiger partial charge in [-0.15, -0.1) is 24.0 Å². The monoisotopic (exact) mass is 554 g/mol. The van der Waals surface area contributed by atoms with Crippen molar-refractivity contribution in [2.45, 2.75) is 76.4 Å². The van der Waals surface area contributed by atoms with E-state index in [2.05, 4.69) is 42.5 Å². The Kier molecular flexibility index (Phi) is 11.0. The highest BCUT2D eigenvalue weighted by Crippen LogP contribution is 2.27. The molecule has 1 aromatic rings. The molecule has 1 unspecified atom stereocenters. The van der Waals surface area contributed by atoms with Gasteiger partial charge in [-0.25, -0.2) is 0 Å². The molecule has 0 spiro atoms. The summed E-state index contributed by atoms with van der Waals surface area (Å²) in [6.45, 7) is 6.80. The fourth-order valence-corrected chi connectivity index (χ4v) is 5.63. The van der Waals surface area contributed by atoms with Crippen LogP contribution in [0.15, 0.2) is 29.4 Å². The van der Waals surface area contributed by atoms with Crippen LogP contribution in [-0.2, 0) is 6.54 Å². The first-order chi connectivity index (χ1) is 15.3. The van der Waals surface area contributed by atoms with Crippen molar-refractivity contribution in [2.75, 3.05) is 39.8 Å². The van der Waals surface area contributed by atoms with Crippen LogP contribution in [0.25, 0.3) is 0 Å². The number of piperidine rings is 1. The lowest BCUT2D eigenvalue weighted by atomic mass is 9.89. The molecule has 1 aliphatic carbocycles. The number of pyridine rings is 1. The van der Waals surface area contributed by atoms with Crippen LogP contribution in [0.5, 0.6) is 0 Å². The van der Waals surface area contributed by atoms with Gasteiger partial charge in [-0.05, 0) is 63.1 Å². The molecule has 1 aromatic heterocycles. The predicted molar refractivity (Wildman–Crippen MR) is 144 cm³/mol. The average Bonchev–Trinajstić information content (AvgIpc) is 3.26. The smallest absolute Gasteiger partial charge is 0.191 e. The Morgan fingerprint density at radius 2 is 1.84 bits per heavy atom. The third kappa shape index (κ3) is 7.83. The van der Waals surface area contributed by atoms with Gasteiger partial charge >= 0.3 is 0 Å². The summed E-state index contributed by atoms with van der Waals surface area (Å²) in [6, 6.07) is 7.36. The molecular weight excluding hydrogens is 511 g/mol. The lowest BCUT2D eigenvalue weighted by Crippen LogP contribution is -2.51. The number of nitrogens with one attached hydrogen (secondary N) is 2. The number of aromatic nitrogens is 1. The lowest BCUT2D eigenvalue weighted by Gasteiger charge is -2.33. The van der Waals surface area contributed by atoms with Gasteiger partial charge in [0.25, 0.3) is 0 Å². The summed E-state index contributed by atoms with van der Waals surface area (Å²) in [7, 11) is 1.90. The van der Waals surface area contributed by atoms with Crippen molar-refractivity contribution < 1.29 is 0 Å². The molecule has 0 radical (unpaired) electrons. The second kappa shape index (κ2) is 13.7. The molecule has 32 heavy (non-hydrogen) atoms. The highest BCUT2D eigenvalue weighted by molar-refractivity contribution is 14.0. The zero-order valence-electron chi connectivity index (χ0n) is 19.8. The van der Waals surface area contributed by atoms with Crippen LogP contribution in [0.3, 0.4) is 0 Å². The van der Waals surface area contributed by atoms with Crippen molar-refractivity contribution in [3.8, 4) is 0 Å². The Labute approximate surface area is 212 Å². The summed E-state index contributed by atoms with van der Waals surface area (Å²) in [4.78, 5) is 14.3. The maximum absolute atomic E-state index is 4.52. The van der Waals surface area contributed by atoms with E-state index in [1.165, 1.54) is 63.7 Å². The van der Waals surface area contributed by atoms with E-state index < -0.39 is 0 Å². The molecule has 4 rings (SSSR count). The number of guanidine groups is 1. The first-order valence-corrected chi connectivity index (χ1v) is 12.6. The van der Waals surface area contributed by atoms with E-state index in [1.807, 2.05) is 19.3 Å². The molecule has 3 aliphatic rings. The van der Waals surface area contributed by atoms with Gasteiger partial charge in [0.15, 0.2) is 5.96 Å². The molecule has 0 aromatic carbocycles. The van der Waals surface area contributed by atoms with Crippen molar-refractivity contribution >= 4 is 29.9 Å². The van der Waals surface area contributed by atoms with Crippen molar-refractivity contribution in [3.63, 3.8) is 0 Å². The first-order valence-electron chi connectivity index (χ1n) is 12.6. The maximum atomic E-state index is 4.52. The van der Waals surface area contributed by atoms with Gasteiger partial charge in [-0.1, -0.05) is 25.3 Å². The molecule has 2 saturated heterocycles. The normalized spacial score (nSPS) is 24.3. The Hall–Kier alpha value is -0.930. The van der Waals surface area contributed by atoms with Crippen molar-refractivity contribution in [1.82, 2.24) is 25.4 Å². The number of hydrogen-bond acceptors (Lipinski definition) is 4. The number of halogens is 1. The summed E-state index contributed by atoms with van der Waals surface area (Å²) in [5.41, 5.74) is 1.17. The van der Waals surface area contributed by atoms with Gasteiger partial charge in [0.2, 0.25) is 0 Å². The molecular formula is C25H43IN6. The van der Waals surface area contributed by atoms with Gasteiger partial charge in [0.05, 0.1) is 5.69 Å². The van der Waals surface area contributed by atoms with Gasteiger partial charge < -0.3 is 10.6 Å². The molecule has 3 fully saturated rings. The molecule has 0 amide bonds. The molecule has 1 atom stereocenters. The van der Waals surface area contributed by atoms with E-state index in [0.717, 1.165) is 50.9 Å². The molecule has 1 saturated carbocycles. The summed E-state index contributed by atoms with van der Waals surface area (Å²) < 4.78 is 0. The van der Waals surface area contributed by atoms with Gasteiger partial charge in [-0.2, -0.15) is 0 Å². The van der Waals surface area contributed by atoms with E-state index in [1.54, 1.807) is 0 Å². The molecule has 6 nitrogen and oxygen atoms in total. The standard InChI is InChI=1S/C25H42N6.HI/c1-26-25(28-18-24-11-7-15-31(24)19-21-8-3-2-4-9-21)29-22-12-16-30(17-13-22)20-23-10-5-6-14-27-23;/h5-6,10,14,21-22,24H,2-4,7-9,11-13,15-20H2,1H3,(H2,26,28,29);1H. The minimum atomic E-state index is 0. The number of nitrogens with zero attached hydrogens (tertiary/aromatic N) is 4. The predicted octanol–water partition coefficient (Wildman–Crippen LogP) is 3.87. The van der Waals surface area contributed by atoms with Crippen LogP contribution in [0.2, 0.25) is 0 Å². The minimum absolute atomic E-state index is 0. The largest absolute Gasteiger partial charge is 0.355 e. The summed E-state index contributed by atoms with van der Waals surface area (Å²) in [5.74, 6) is 1.91. The van der Waals surface area contributed by atoms with E-state index in [4.69, 9.17) is 0 Å². The highest BCUT2D eigenvalue weighted by atomic mass is 127. The molecule has 3 heterocycles. The third-order valence-electron chi connectivity index (χ3n) is 7.49. The second-order valence-corrected chi connectivity index (χ2v) is 9.76. The van der Waals surface area contributed by atoms with E-state index in [9.17, 15) is 0 Å². The Morgan fingerprint density at radius 3 is 2.56 bits per heavy atom. The van der Waals surface area contributed by atoms with Crippen LogP contribution in [0.4, 0.5) is 0 Å². The topological polar surface area (TPSA) is 55.8 Å². The molecule has 0 bridgehead atoms. The van der Waals surface area contributed by atoms with Crippen LogP contribution in [-0.4, -0.2) is 72.6 Å². The summed E-state index contributed by atoms with van der Waals surface area (Å²) >= 11 is 0. The third-order valence-corrected chi connectivity index (χ3v) is 7.49. The molecule has 2 aliphatic heterocycles. The van der Waals surface area contributed by atoms with Crippen molar-refractivity contribution in [3.05, 3.63) is 30.1 Å². The fraction of sp³-hybridized carbons (Fsp3) is 0.760. The van der Waals surface area contributed by atoms with Gasteiger partial charge in [0.1, 0.15) is 0 Å². The summed E-state index contributed by atoms with van der Waals surface area (Å²) in [5, 5.41) is 7.34. The number of likely N-dealkylation sites (tertiary alicyclic amines) is 2. The Balaban J connectivity index is 0.00000289. The Bertz CT molecular complexity index is 670. The number of hydrogen-bond donors (Lipinski definition) is 2. The number of aliphatic imine (C=N–C) groups is 1. The van der Waals surface area contributed by atoms with E-state index in [-0.39, 0.29) is 24.0 Å². The van der Waals surface area contributed by atoms with E-state index >= 15 is 0 Å². The summed E-state index contributed by atoms with van der Waals surface area (Å²) in [6.07, 6.45) is 14.1. The molecule has 7 heteroatoms. The lowest BCUT2D eigenvalue weighted by molar-refractivity contribution is 0.186. The van der Waals surface area contributed by atoms with Crippen LogP contribution in [0, 0.1) is 5.92 Å². The fourth-order valence-electron chi connectivity index (χ4n) is 5.63. The first kappa shape index (κ1) is 25.7. The van der Waals surface area contributed by atoms with E-state index in [0.29, 0.717) is 12.1 Å². The van der Waals surface area contributed by atoms with Gasteiger partial charge in [0, 0.05) is 58.1 Å². The Morgan fingerprint density at radius 1 is 1.03 bits per heavy atom. The minimum Gasteiger partial charge on any atom is -0.355 e. The zero-order valence-corrected chi connectivity index (χ0v) is 22.2. The average molecular weight is 555 g/mol. The maximum Gasteiger partial charge on any atom is 0.191 e. The number of rotatable bonds is 7. The zero-order chi connectivity index (χ0) is 21.3. The van der Waals surface area contributed by atoms with Crippen LogP contribution in [0.1, 0.15) is 63.5 Å². The van der Waals surface area contributed by atoms with Crippen LogP contribution < -0.4 is 10.6 Å².